The van der Waals surface area contributed by atoms with E-state index in [-0.39, 0.29) is 56.0 Å². The fourth-order valence-electron chi connectivity index (χ4n) is 5.44. The lowest BCUT2D eigenvalue weighted by molar-refractivity contribution is -0.137. The molecule has 1 saturated heterocycles. The molecule has 2 aliphatic heterocycles. The van der Waals surface area contributed by atoms with Gasteiger partial charge >= 0.3 is 0 Å². The predicted molar refractivity (Wildman–Crippen MR) is 157 cm³/mol. The molecular formula is C33H34N4O6. The number of imide groups is 1. The van der Waals surface area contributed by atoms with Crippen LogP contribution in [0.25, 0.3) is 0 Å². The Morgan fingerprint density at radius 1 is 0.953 bits per heavy atom. The van der Waals surface area contributed by atoms with Gasteiger partial charge in [0.1, 0.15) is 6.04 Å². The van der Waals surface area contributed by atoms with E-state index in [0.717, 1.165) is 16.7 Å². The lowest BCUT2D eigenvalue weighted by Crippen LogP contribution is -2.52. The third-order valence-electron chi connectivity index (χ3n) is 7.83. The Morgan fingerprint density at radius 3 is 2.42 bits per heavy atom. The van der Waals surface area contributed by atoms with Crippen LogP contribution >= 0.6 is 0 Å². The van der Waals surface area contributed by atoms with E-state index in [1.807, 2.05) is 54.6 Å². The van der Waals surface area contributed by atoms with Crippen molar-refractivity contribution in [2.75, 3.05) is 13.2 Å². The summed E-state index contributed by atoms with van der Waals surface area (Å²) in [5, 5.41) is 14.5. The van der Waals surface area contributed by atoms with E-state index in [0.29, 0.717) is 42.7 Å². The van der Waals surface area contributed by atoms with Gasteiger partial charge in [0.25, 0.3) is 11.8 Å². The van der Waals surface area contributed by atoms with Crippen molar-refractivity contribution in [3.63, 3.8) is 0 Å². The van der Waals surface area contributed by atoms with Gasteiger partial charge < -0.3 is 20.2 Å². The maximum Gasteiger partial charge on any atom is 0.255 e. The molecular weight excluding hydrogens is 548 g/mol. The Morgan fingerprint density at radius 2 is 1.70 bits per heavy atom. The number of aliphatic hydroxyl groups excluding tert-OH is 1. The standard InChI is InChI=1S/C33H34N4O6/c38-17-15-30(40)36(16-14-22-4-2-1-3-5-22)20-24-8-6-23(7-9-24)19-34-31(41)25-10-11-27-26(18-25)21-37(33(27)43)28-12-13-29(39)35-32(28)42/h1-11,18,28,38H,12-17,19-21H2,(H,34,41)(H,35,39,42). The van der Waals surface area contributed by atoms with E-state index in [1.165, 1.54) is 4.90 Å². The quantitative estimate of drug-likeness (QED) is 0.297. The molecule has 0 bridgehead atoms. The van der Waals surface area contributed by atoms with Crippen LogP contribution in [0.1, 0.15) is 62.2 Å². The molecule has 0 spiro atoms. The largest absolute Gasteiger partial charge is 0.396 e. The van der Waals surface area contributed by atoms with Crippen LogP contribution in [0.2, 0.25) is 0 Å². The molecule has 2 aliphatic rings. The molecule has 3 aromatic carbocycles. The van der Waals surface area contributed by atoms with E-state index < -0.39 is 11.9 Å². The molecule has 1 atom stereocenters. The lowest BCUT2D eigenvalue weighted by atomic mass is 10.0. The number of carbonyl (C=O) groups excluding carboxylic acids is 5. The number of amides is 5. The SMILES string of the molecule is O=C1CCC(N2Cc3cc(C(=O)NCc4ccc(CN(CCc5ccccc5)C(=O)CCO)cc4)ccc3C2=O)C(=O)N1. The fraction of sp³-hybridized carbons (Fsp3) is 0.303. The number of carbonyl (C=O) groups is 5. The van der Waals surface area contributed by atoms with Crippen LogP contribution in [-0.2, 0) is 40.4 Å². The summed E-state index contributed by atoms with van der Waals surface area (Å²) in [7, 11) is 0. The topological polar surface area (TPSA) is 136 Å². The fourth-order valence-corrected chi connectivity index (χ4v) is 5.44. The number of benzene rings is 3. The molecule has 10 nitrogen and oxygen atoms in total. The van der Waals surface area contributed by atoms with Gasteiger partial charge in [-0.05, 0) is 53.3 Å². The van der Waals surface area contributed by atoms with Crippen molar-refractivity contribution >= 4 is 29.5 Å². The molecule has 1 fully saturated rings. The van der Waals surface area contributed by atoms with Gasteiger partial charge in [0.2, 0.25) is 17.7 Å². The van der Waals surface area contributed by atoms with Gasteiger partial charge in [-0.1, -0.05) is 54.6 Å². The average Bonchev–Trinajstić information content (AvgIpc) is 3.34. The highest BCUT2D eigenvalue weighted by atomic mass is 16.3. The summed E-state index contributed by atoms with van der Waals surface area (Å²) in [6.07, 6.45) is 1.25. The molecule has 10 heteroatoms. The minimum Gasteiger partial charge on any atom is -0.396 e. The zero-order valence-corrected chi connectivity index (χ0v) is 23.8. The molecule has 0 radical (unpaired) electrons. The molecule has 5 rings (SSSR count). The Bertz CT molecular complexity index is 1520. The molecule has 2 heterocycles. The third-order valence-corrected chi connectivity index (χ3v) is 7.83. The maximum atomic E-state index is 12.9. The average molecular weight is 583 g/mol. The van der Waals surface area contributed by atoms with E-state index >= 15 is 0 Å². The highest BCUT2D eigenvalue weighted by Crippen LogP contribution is 2.28. The van der Waals surface area contributed by atoms with Gasteiger partial charge in [0, 0.05) is 50.1 Å². The summed E-state index contributed by atoms with van der Waals surface area (Å²) >= 11 is 0. The summed E-state index contributed by atoms with van der Waals surface area (Å²) in [6.45, 7) is 1.25. The lowest BCUT2D eigenvalue weighted by Gasteiger charge is -2.29. The number of nitrogens with one attached hydrogen (secondary N) is 2. The molecule has 0 aliphatic carbocycles. The number of nitrogens with zero attached hydrogens (tertiary/aromatic N) is 2. The van der Waals surface area contributed by atoms with E-state index in [2.05, 4.69) is 10.6 Å². The first kappa shape index (κ1) is 29.7. The monoisotopic (exact) mass is 582 g/mol. The second-order valence-corrected chi connectivity index (χ2v) is 10.8. The van der Waals surface area contributed by atoms with E-state index in [1.54, 1.807) is 23.1 Å². The molecule has 0 aromatic heterocycles. The van der Waals surface area contributed by atoms with Crippen molar-refractivity contribution < 1.29 is 29.1 Å². The highest BCUT2D eigenvalue weighted by Gasteiger charge is 2.39. The van der Waals surface area contributed by atoms with Crippen LogP contribution in [0.15, 0.2) is 72.8 Å². The molecule has 1 unspecified atom stereocenters. The minimum absolute atomic E-state index is 0.0741. The third kappa shape index (κ3) is 7.15. The maximum absolute atomic E-state index is 12.9. The first-order chi connectivity index (χ1) is 20.8. The number of piperidine rings is 1. The van der Waals surface area contributed by atoms with Gasteiger partial charge in [-0.25, -0.2) is 0 Å². The van der Waals surface area contributed by atoms with Gasteiger partial charge in [-0.2, -0.15) is 0 Å². The van der Waals surface area contributed by atoms with Gasteiger partial charge in [-0.3, -0.25) is 29.3 Å². The number of hydrogen-bond donors (Lipinski definition) is 3. The van der Waals surface area contributed by atoms with Crippen molar-refractivity contribution in [1.82, 2.24) is 20.4 Å². The van der Waals surface area contributed by atoms with Crippen LogP contribution in [0, 0.1) is 0 Å². The molecule has 222 valence electrons. The van der Waals surface area contributed by atoms with Crippen molar-refractivity contribution in [3.05, 3.63) is 106 Å². The van der Waals surface area contributed by atoms with Crippen LogP contribution < -0.4 is 10.6 Å². The summed E-state index contributed by atoms with van der Waals surface area (Å²) in [5.41, 5.74) is 4.49. The second kappa shape index (κ2) is 13.4. The highest BCUT2D eigenvalue weighted by molar-refractivity contribution is 6.06. The number of aliphatic hydroxyl groups is 1. The van der Waals surface area contributed by atoms with Crippen LogP contribution in [0.3, 0.4) is 0 Å². The first-order valence-corrected chi connectivity index (χ1v) is 14.4. The van der Waals surface area contributed by atoms with E-state index in [4.69, 9.17) is 0 Å². The minimum atomic E-state index is -0.707. The smallest absolute Gasteiger partial charge is 0.255 e. The Kier molecular flexibility index (Phi) is 9.26. The normalized spacial score (nSPS) is 16.1. The second-order valence-electron chi connectivity index (χ2n) is 10.8. The van der Waals surface area contributed by atoms with Gasteiger partial charge in [0.05, 0.1) is 6.61 Å². The zero-order chi connectivity index (χ0) is 30.3. The van der Waals surface area contributed by atoms with E-state index in [9.17, 15) is 29.1 Å². The van der Waals surface area contributed by atoms with Crippen molar-refractivity contribution in [1.29, 1.82) is 0 Å². The first-order valence-electron chi connectivity index (χ1n) is 14.4. The summed E-state index contributed by atoms with van der Waals surface area (Å²) < 4.78 is 0. The van der Waals surface area contributed by atoms with Gasteiger partial charge in [0.15, 0.2) is 0 Å². The van der Waals surface area contributed by atoms with Crippen LogP contribution in [0.4, 0.5) is 0 Å². The predicted octanol–water partition coefficient (Wildman–Crippen LogP) is 2.33. The van der Waals surface area contributed by atoms with Gasteiger partial charge in [-0.15, -0.1) is 0 Å². The Balaban J connectivity index is 1.16. The molecule has 5 amide bonds. The summed E-state index contributed by atoms with van der Waals surface area (Å²) in [4.78, 5) is 65.4. The number of fused-ring (bicyclic) bond motifs is 1. The number of hydrogen-bond acceptors (Lipinski definition) is 6. The Hall–Kier alpha value is -4.83. The summed E-state index contributed by atoms with van der Waals surface area (Å²) in [6, 6.07) is 21.8. The Labute approximate surface area is 249 Å². The molecule has 43 heavy (non-hydrogen) atoms. The number of rotatable bonds is 11. The summed E-state index contributed by atoms with van der Waals surface area (Å²) in [5.74, 6) is -1.49. The van der Waals surface area contributed by atoms with Crippen LogP contribution in [-0.4, -0.2) is 63.6 Å². The zero-order valence-electron chi connectivity index (χ0n) is 23.8. The van der Waals surface area contributed by atoms with Crippen molar-refractivity contribution in [2.45, 2.75) is 51.4 Å². The molecule has 3 N–H and O–H groups in total. The molecule has 0 saturated carbocycles. The molecule has 3 aromatic rings. The van der Waals surface area contributed by atoms with Crippen LogP contribution in [0.5, 0.6) is 0 Å². The van der Waals surface area contributed by atoms with Crippen molar-refractivity contribution in [3.8, 4) is 0 Å². The van der Waals surface area contributed by atoms with Crippen molar-refractivity contribution in [2.24, 2.45) is 0 Å².